The highest BCUT2D eigenvalue weighted by molar-refractivity contribution is 5.68. The minimum absolute atomic E-state index is 0.320. The first-order valence-corrected chi connectivity index (χ1v) is 7.76. The number of nitrogens with two attached hydrogens (primary N) is 1. The van der Waals surface area contributed by atoms with Crippen molar-refractivity contribution >= 4 is 11.8 Å². The molecule has 124 valence electrons. The van der Waals surface area contributed by atoms with E-state index in [-0.39, 0.29) is 6.09 Å². The summed E-state index contributed by atoms with van der Waals surface area (Å²) in [5, 5.41) is 0. The zero-order valence-corrected chi connectivity index (χ0v) is 14.3. The fraction of sp³-hybridized carbons (Fsp3) is 0.588. The molecule has 0 fully saturated rings. The Kier molecular flexibility index (Phi) is 6.53. The lowest BCUT2D eigenvalue weighted by Gasteiger charge is -2.27. The van der Waals surface area contributed by atoms with Gasteiger partial charge in [0, 0.05) is 17.8 Å². The highest BCUT2D eigenvalue weighted by Crippen LogP contribution is 2.24. The van der Waals surface area contributed by atoms with E-state index in [0.29, 0.717) is 25.4 Å². The molecule has 0 atom stereocenters. The van der Waals surface area contributed by atoms with Crippen LogP contribution in [0.5, 0.6) is 5.75 Å². The molecule has 0 radical (unpaired) electrons. The topological polar surface area (TPSA) is 64.8 Å². The molecule has 1 amide bonds. The molecule has 1 aromatic rings. The fourth-order valence-corrected chi connectivity index (χ4v) is 2.06. The second-order valence-corrected chi connectivity index (χ2v) is 6.20. The van der Waals surface area contributed by atoms with Crippen molar-refractivity contribution in [3.63, 3.8) is 0 Å². The molecule has 22 heavy (non-hydrogen) atoms. The fourth-order valence-electron chi connectivity index (χ4n) is 2.06. The summed E-state index contributed by atoms with van der Waals surface area (Å²) in [7, 11) is 0. The number of hydrogen-bond donors (Lipinski definition) is 1. The Hall–Kier alpha value is -1.91. The van der Waals surface area contributed by atoms with Gasteiger partial charge in [-0.1, -0.05) is 6.92 Å². The van der Waals surface area contributed by atoms with Crippen molar-refractivity contribution in [1.82, 2.24) is 4.90 Å². The van der Waals surface area contributed by atoms with E-state index in [2.05, 4.69) is 0 Å². The van der Waals surface area contributed by atoms with E-state index in [4.69, 9.17) is 15.2 Å². The average molecular weight is 308 g/mol. The van der Waals surface area contributed by atoms with Crippen LogP contribution in [0.1, 0.15) is 46.6 Å². The van der Waals surface area contributed by atoms with Crippen LogP contribution < -0.4 is 10.5 Å². The Labute approximate surface area is 133 Å². The molecule has 0 aromatic heterocycles. The lowest BCUT2D eigenvalue weighted by Crippen LogP contribution is -2.37. The molecule has 0 saturated heterocycles. The molecule has 0 aliphatic rings. The molecule has 1 aromatic carbocycles. The van der Waals surface area contributed by atoms with Crippen molar-refractivity contribution in [2.75, 3.05) is 18.9 Å². The number of carbonyl (C=O) groups is 1. The van der Waals surface area contributed by atoms with E-state index in [1.54, 1.807) is 11.0 Å². The number of amides is 1. The van der Waals surface area contributed by atoms with Gasteiger partial charge in [0.1, 0.15) is 11.4 Å². The predicted octanol–water partition coefficient (Wildman–Crippen LogP) is 3.81. The summed E-state index contributed by atoms with van der Waals surface area (Å²) in [6.45, 7) is 11.1. The Bertz CT molecular complexity index is 495. The zero-order valence-electron chi connectivity index (χ0n) is 14.3. The van der Waals surface area contributed by atoms with E-state index in [1.807, 2.05) is 46.8 Å². The van der Waals surface area contributed by atoms with Gasteiger partial charge in [-0.15, -0.1) is 0 Å². The molecule has 0 saturated carbocycles. The standard InChI is InChI=1S/C17H28N2O3/c1-6-10-19(16(20)22-17(3,4)5)12-13-11-14(18)8-9-15(13)21-7-2/h8-9,11H,6-7,10,12,18H2,1-5H3. The SMILES string of the molecule is CCCN(Cc1cc(N)ccc1OCC)C(=O)OC(C)(C)C. The second kappa shape index (κ2) is 7.92. The van der Waals surface area contributed by atoms with Crippen molar-refractivity contribution in [3.8, 4) is 5.75 Å². The molecule has 5 heteroatoms. The maximum Gasteiger partial charge on any atom is 0.410 e. The van der Waals surface area contributed by atoms with Gasteiger partial charge in [0.05, 0.1) is 13.2 Å². The quantitative estimate of drug-likeness (QED) is 0.811. The van der Waals surface area contributed by atoms with Crippen LogP contribution in [0.3, 0.4) is 0 Å². The smallest absolute Gasteiger partial charge is 0.410 e. The summed E-state index contributed by atoms with van der Waals surface area (Å²) in [6, 6.07) is 5.48. The average Bonchev–Trinajstić information content (AvgIpc) is 2.39. The van der Waals surface area contributed by atoms with E-state index >= 15 is 0 Å². The van der Waals surface area contributed by atoms with Crippen LogP contribution in [0, 0.1) is 0 Å². The molecule has 0 aliphatic heterocycles. The molecule has 2 N–H and O–H groups in total. The van der Waals surface area contributed by atoms with Crippen molar-refractivity contribution in [2.24, 2.45) is 0 Å². The van der Waals surface area contributed by atoms with E-state index in [1.165, 1.54) is 0 Å². The number of nitrogen functional groups attached to an aromatic ring is 1. The summed E-state index contributed by atoms with van der Waals surface area (Å²) >= 11 is 0. The van der Waals surface area contributed by atoms with Crippen molar-refractivity contribution < 1.29 is 14.3 Å². The normalized spacial score (nSPS) is 11.1. The van der Waals surface area contributed by atoms with Crippen LogP contribution in [0.25, 0.3) is 0 Å². The first kappa shape index (κ1) is 18.1. The maximum absolute atomic E-state index is 12.3. The van der Waals surface area contributed by atoms with Gasteiger partial charge < -0.3 is 20.1 Å². The van der Waals surface area contributed by atoms with Crippen molar-refractivity contribution in [1.29, 1.82) is 0 Å². The minimum atomic E-state index is -0.512. The lowest BCUT2D eigenvalue weighted by molar-refractivity contribution is 0.0232. The second-order valence-electron chi connectivity index (χ2n) is 6.20. The van der Waals surface area contributed by atoms with Gasteiger partial charge in [-0.2, -0.15) is 0 Å². The van der Waals surface area contributed by atoms with Gasteiger partial charge in [0.2, 0.25) is 0 Å². The van der Waals surface area contributed by atoms with Gasteiger partial charge in [-0.25, -0.2) is 4.79 Å². The summed E-state index contributed by atoms with van der Waals surface area (Å²) in [5.74, 6) is 0.751. The van der Waals surface area contributed by atoms with E-state index in [9.17, 15) is 4.79 Å². The molecule has 0 bridgehead atoms. The molecular weight excluding hydrogens is 280 g/mol. The van der Waals surface area contributed by atoms with Crippen molar-refractivity contribution in [2.45, 2.75) is 53.2 Å². The number of nitrogens with zero attached hydrogens (tertiary/aromatic N) is 1. The van der Waals surface area contributed by atoms with Crippen LogP contribution in [0.4, 0.5) is 10.5 Å². The highest BCUT2D eigenvalue weighted by Gasteiger charge is 2.22. The molecular formula is C17H28N2O3. The summed E-state index contributed by atoms with van der Waals surface area (Å²) < 4.78 is 11.1. The number of rotatable bonds is 6. The third-order valence-corrected chi connectivity index (χ3v) is 2.89. The van der Waals surface area contributed by atoms with Gasteiger partial charge in [-0.05, 0) is 52.3 Å². The van der Waals surface area contributed by atoms with Gasteiger partial charge in [-0.3, -0.25) is 0 Å². The number of ether oxygens (including phenoxy) is 2. The maximum atomic E-state index is 12.3. The first-order valence-electron chi connectivity index (χ1n) is 7.76. The Morgan fingerprint density at radius 3 is 2.50 bits per heavy atom. The molecule has 0 spiro atoms. The van der Waals surface area contributed by atoms with Gasteiger partial charge in [0.15, 0.2) is 0 Å². The molecule has 0 unspecified atom stereocenters. The van der Waals surface area contributed by atoms with Gasteiger partial charge >= 0.3 is 6.09 Å². The van der Waals surface area contributed by atoms with Gasteiger partial charge in [0.25, 0.3) is 0 Å². The molecule has 5 nitrogen and oxygen atoms in total. The van der Waals surface area contributed by atoms with Crippen LogP contribution in [0.15, 0.2) is 18.2 Å². The summed E-state index contributed by atoms with van der Waals surface area (Å²) in [6.07, 6.45) is 0.533. The largest absolute Gasteiger partial charge is 0.494 e. The Balaban J connectivity index is 2.95. The Morgan fingerprint density at radius 2 is 1.95 bits per heavy atom. The lowest BCUT2D eigenvalue weighted by atomic mass is 10.1. The number of hydrogen-bond acceptors (Lipinski definition) is 4. The monoisotopic (exact) mass is 308 g/mol. The van der Waals surface area contributed by atoms with Crippen LogP contribution in [-0.4, -0.2) is 29.7 Å². The molecule has 0 aliphatic carbocycles. The van der Waals surface area contributed by atoms with Crippen LogP contribution in [-0.2, 0) is 11.3 Å². The molecule has 1 rings (SSSR count). The Morgan fingerprint density at radius 1 is 1.27 bits per heavy atom. The third-order valence-electron chi connectivity index (χ3n) is 2.89. The zero-order chi connectivity index (χ0) is 16.8. The summed E-state index contributed by atoms with van der Waals surface area (Å²) in [5.41, 5.74) is 6.89. The van der Waals surface area contributed by atoms with E-state index < -0.39 is 5.60 Å². The third kappa shape index (κ3) is 5.84. The van der Waals surface area contributed by atoms with E-state index in [0.717, 1.165) is 17.7 Å². The van der Waals surface area contributed by atoms with Crippen LogP contribution >= 0.6 is 0 Å². The number of carbonyl (C=O) groups excluding carboxylic acids is 1. The number of anilines is 1. The highest BCUT2D eigenvalue weighted by atomic mass is 16.6. The summed E-state index contributed by atoms with van der Waals surface area (Å²) in [4.78, 5) is 14.0. The molecule has 0 heterocycles. The van der Waals surface area contributed by atoms with Crippen LogP contribution in [0.2, 0.25) is 0 Å². The first-order chi connectivity index (χ1) is 10.3. The minimum Gasteiger partial charge on any atom is -0.494 e. The van der Waals surface area contributed by atoms with Crippen molar-refractivity contribution in [3.05, 3.63) is 23.8 Å². The predicted molar refractivity (Wildman–Crippen MR) is 89.0 cm³/mol. The number of benzene rings is 1.